The number of amides is 1. The van der Waals surface area contributed by atoms with Gasteiger partial charge in [0.1, 0.15) is 6.54 Å². The van der Waals surface area contributed by atoms with Crippen LogP contribution >= 0.6 is 15.9 Å². The van der Waals surface area contributed by atoms with E-state index in [-0.39, 0.29) is 18.1 Å². The number of aryl methyl sites for hydroxylation is 2. The second-order valence-corrected chi connectivity index (χ2v) is 6.28. The Bertz CT molecular complexity index is 956. The Balaban J connectivity index is 1.87. The van der Waals surface area contributed by atoms with Crippen molar-refractivity contribution < 1.29 is 4.79 Å². The first-order chi connectivity index (χ1) is 11.0. The number of halogens is 1. The van der Waals surface area contributed by atoms with Crippen molar-refractivity contribution in [3.8, 4) is 0 Å². The van der Waals surface area contributed by atoms with Gasteiger partial charge in [0.25, 0.3) is 0 Å². The molecular formula is C17H16BrN3O2. The van der Waals surface area contributed by atoms with Crippen molar-refractivity contribution in [2.75, 3.05) is 5.32 Å². The van der Waals surface area contributed by atoms with Gasteiger partial charge in [0.15, 0.2) is 0 Å². The number of fused-ring (bicyclic) bond motifs is 1. The SMILES string of the molecule is Cc1cc(NC(=O)Cn2c(=O)n(C)c3ccccc32)ccc1Br. The number of rotatable bonds is 3. The summed E-state index contributed by atoms with van der Waals surface area (Å²) >= 11 is 3.43. The Labute approximate surface area is 141 Å². The van der Waals surface area contributed by atoms with E-state index in [9.17, 15) is 9.59 Å². The summed E-state index contributed by atoms with van der Waals surface area (Å²) in [6.07, 6.45) is 0. The van der Waals surface area contributed by atoms with E-state index in [4.69, 9.17) is 0 Å². The molecule has 1 heterocycles. The van der Waals surface area contributed by atoms with Crippen LogP contribution in [0, 0.1) is 6.92 Å². The predicted molar refractivity (Wildman–Crippen MR) is 94.7 cm³/mol. The number of anilines is 1. The van der Waals surface area contributed by atoms with Gasteiger partial charge in [0.2, 0.25) is 5.91 Å². The number of benzene rings is 2. The molecule has 23 heavy (non-hydrogen) atoms. The molecule has 1 amide bonds. The van der Waals surface area contributed by atoms with Gasteiger partial charge in [-0.05, 0) is 42.8 Å². The summed E-state index contributed by atoms with van der Waals surface area (Å²) in [7, 11) is 1.71. The number of nitrogens with one attached hydrogen (secondary N) is 1. The summed E-state index contributed by atoms with van der Waals surface area (Å²) in [4.78, 5) is 24.6. The zero-order valence-corrected chi connectivity index (χ0v) is 14.4. The molecule has 6 heteroatoms. The third kappa shape index (κ3) is 2.94. The molecule has 0 bridgehead atoms. The van der Waals surface area contributed by atoms with Gasteiger partial charge in [-0.15, -0.1) is 0 Å². The standard InChI is InChI=1S/C17H16BrN3O2/c1-11-9-12(7-8-13(11)18)19-16(22)10-21-15-6-4-3-5-14(15)20(2)17(21)23/h3-9H,10H2,1-2H3,(H,19,22). The average molecular weight is 374 g/mol. The van der Waals surface area contributed by atoms with Gasteiger partial charge >= 0.3 is 5.69 Å². The Kier molecular flexibility index (Phi) is 4.09. The Hall–Kier alpha value is -2.34. The minimum absolute atomic E-state index is 0.0186. The molecule has 5 nitrogen and oxygen atoms in total. The van der Waals surface area contributed by atoms with Crippen molar-refractivity contribution in [3.63, 3.8) is 0 Å². The van der Waals surface area contributed by atoms with Crippen molar-refractivity contribution in [3.05, 3.63) is 63.0 Å². The molecule has 0 spiro atoms. The van der Waals surface area contributed by atoms with E-state index < -0.39 is 0 Å². The maximum atomic E-state index is 12.3. The molecular weight excluding hydrogens is 358 g/mol. The van der Waals surface area contributed by atoms with E-state index in [1.54, 1.807) is 11.6 Å². The fourth-order valence-electron chi connectivity index (χ4n) is 2.58. The maximum absolute atomic E-state index is 12.3. The van der Waals surface area contributed by atoms with E-state index in [1.165, 1.54) is 4.57 Å². The van der Waals surface area contributed by atoms with Crippen LogP contribution in [0.3, 0.4) is 0 Å². The van der Waals surface area contributed by atoms with Gasteiger partial charge in [-0.25, -0.2) is 4.79 Å². The lowest BCUT2D eigenvalue weighted by molar-refractivity contribution is -0.116. The van der Waals surface area contributed by atoms with Crippen LogP contribution < -0.4 is 11.0 Å². The maximum Gasteiger partial charge on any atom is 0.329 e. The molecule has 0 aliphatic carbocycles. The average Bonchev–Trinajstić information content (AvgIpc) is 2.76. The van der Waals surface area contributed by atoms with Crippen LogP contribution in [0.5, 0.6) is 0 Å². The van der Waals surface area contributed by atoms with Crippen LogP contribution in [-0.2, 0) is 18.4 Å². The second-order valence-electron chi connectivity index (χ2n) is 5.43. The van der Waals surface area contributed by atoms with Gasteiger partial charge in [-0.3, -0.25) is 13.9 Å². The number of aromatic nitrogens is 2. The number of carbonyl (C=O) groups excluding carboxylic acids is 1. The van der Waals surface area contributed by atoms with Gasteiger partial charge in [-0.1, -0.05) is 28.1 Å². The molecule has 3 aromatic rings. The quantitative estimate of drug-likeness (QED) is 0.766. The number of nitrogens with zero attached hydrogens (tertiary/aromatic N) is 2. The lowest BCUT2D eigenvalue weighted by Crippen LogP contribution is -2.28. The van der Waals surface area contributed by atoms with E-state index in [0.29, 0.717) is 5.69 Å². The third-order valence-electron chi connectivity index (χ3n) is 3.80. The highest BCUT2D eigenvalue weighted by Crippen LogP contribution is 2.20. The molecule has 0 atom stereocenters. The van der Waals surface area contributed by atoms with E-state index in [1.807, 2.05) is 49.4 Å². The van der Waals surface area contributed by atoms with Crippen molar-refractivity contribution in [2.24, 2.45) is 7.05 Å². The molecule has 0 saturated heterocycles. The number of carbonyl (C=O) groups is 1. The fraction of sp³-hybridized carbons (Fsp3) is 0.176. The summed E-state index contributed by atoms with van der Waals surface area (Å²) in [6.45, 7) is 1.93. The summed E-state index contributed by atoms with van der Waals surface area (Å²) in [5.41, 5.74) is 3.11. The van der Waals surface area contributed by atoms with E-state index in [2.05, 4.69) is 21.2 Å². The fourth-order valence-corrected chi connectivity index (χ4v) is 2.83. The molecule has 118 valence electrons. The normalized spacial score (nSPS) is 10.9. The zero-order chi connectivity index (χ0) is 16.6. The highest BCUT2D eigenvalue weighted by atomic mass is 79.9. The predicted octanol–water partition coefficient (Wildman–Crippen LogP) is 3.05. The minimum atomic E-state index is -0.231. The summed E-state index contributed by atoms with van der Waals surface area (Å²) in [6, 6.07) is 13.0. The van der Waals surface area contributed by atoms with Crippen molar-refractivity contribution in [2.45, 2.75) is 13.5 Å². The number of hydrogen-bond donors (Lipinski definition) is 1. The topological polar surface area (TPSA) is 56.0 Å². The summed E-state index contributed by atoms with van der Waals surface area (Å²) in [5.74, 6) is -0.231. The highest BCUT2D eigenvalue weighted by Gasteiger charge is 2.13. The molecule has 0 unspecified atom stereocenters. The highest BCUT2D eigenvalue weighted by molar-refractivity contribution is 9.10. The first kappa shape index (κ1) is 15.6. The molecule has 2 aromatic carbocycles. The minimum Gasteiger partial charge on any atom is -0.325 e. The van der Waals surface area contributed by atoms with Gasteiger partial charge in [0.05, 0.1) is 11.0 Å². The lowest BCUT2D eigenvalue weighted by atomic mass is 10.2. The molecule has 3 rings (SSSR count). The second kappa shape index (κ2) is 6.04. The van der Waals surface area contributed by atoms with Gasteiger partial charge < -0.3 is 5.32 Å². The van der Waals surface area contributed by atoms with Crippen LogP contribution in [0.15, 0.2) is 51.7 Å². The molecule has 0 aliphatic rings. The summed E-state index contributed by atoms with van der Waals surface area (Å²) < 4.78 is 4.02. The lowest BCUT2D eigenvalue weighted by Gasteiger charge is -2.08. The molecule has 1 N–H and O–H groups in total. The number of imidazole rings is 1. The van der Waals surface area contributed by atoms with Crippen LogP contribution in [0.2, 0.25) is 0 Å². The Morgan fingerprint density at radius 1 is 1.17 bits per heavy atom. The van der Waals surface area contributed by atoms with Gasteiger partial charge in [0, 0.05) is 17.2 Å². The Morgan fingerprint density at radius 3 is 2.57 bits per heavy atom. The smallest absolute Gasteiger partial charge is 0.325 e. The van der Waals surface area contributed by atoms with E-state index >= 15 is 0 Å². The Morgan fingerprint density at radius 2 is 1.87 bits per heavy atom. The van der Waals surface area contributed by atoms with Crippen LogP contribution in [-0.4, -0.2) is 15.0 Å². The van der Waals surface area contributed by atoms with Crippen LogP contribution in [0.1, 0.15) is 5.56 Å². The monoisotopic (exact) mass is 373 g/mol. The molecule has 0 saturated carbocycles. The zero-order valence-electron chi connectivity index (χ0n) is 12.8. The van der Waals surface area contributed by atoms with Crippen molar-refractivity contribution in [1.82, 2.24) is 9.13 Å². The first-order valence-electron chi connectivity index (χ1n) is 7.17. The number of hydrogen-bond acceptors (Lipinski definition) is 2. The van der Waals surface area contributed by atoms with Crippen molar-refractivity contribution in [1.29, 1.82) is 0 Å². The molecule has 1 aromatic heterocycles. The van der Waals surface area contributed by atoms with Crippen molar-refractivity contribution >= 4 is 38.6 Å². The van der Waals surface area contributed by atoms with E-state index in [0.717, 1.165) is 21.1 Å². The van der Waals surface area contributed by atoms with Crippen LogP contribution in [0.25, 0.3) is 11.0 Å². The van der Waals surface area contributed by atoms with Gasteiger partial charge in [-0.2, -0.15) is 0 Å². The molecule has 0 aliphatic heterocycles. The first-order valence-corrected chi connectivity index (χ1v) is 7.97. The largest absolute Gasteiger partial charge is 0.329 e. The summed E-state index contributed by atoms with van der Waals surface area (Å²) in [5, 5.41) is 2.83. The van der Waals surface area contributed by atoms with Crippen LogP contribution in [0.4, 0.5) is 5.69 Å². The molecule has 0 radical (unpaired) electrons. The third-order valence-corrected chi connectivity index (χ3v) is 4.68. The molecule has 0 fully saturated rings. The number of para-hydroxylation sites is 2.